The summed E-state index contributed by atoms with van der Waals surface area (Å²) in [5, 5.41) is 8.61. The van der Waals surface area contributed by atoms with Crippen LogP contribution in [0, 0.1) is 0 Å². The number of carbonyl (C=O) groups is 2. The van der Waals surface area contributed by atoms with Crippen LogP contribution in [0.15, 0.2) is 24.3 Å². The van der Waals surface area contributed by atoms with E-state index in [0.29, 0.717) is 0 Å². The molecule has 0 spiro atoms. The fraction of sp³-hybridized carbons (Fsp3) is 0.111. The summed E-state index contributed by atoms with van der Waals surface area (Å²) in [6, 6.07) is 5.68. The molecule has 5 heteroatoms. The molecule has 0 bridgehead atoms. The number of aromatic carboxylic acids is 1. The summed E-state index contributed by atoms with van der Waals surface area (Å²) in [6.07, 6.45) is 0. The van der Waals surface area contributed by atoms with Crippen LogP contribution in [0.3, 0.4) is 0 Å². The van der Waals surface area contributed by atoms with Crippen LogP contribution in [0.1, 0.15) is 22.1 Å². The quantitative estimate of drug-likeness (QED) is 0.460. The Bertz CT molecular complexity index is 354. The van der Waals surface area contributed by atoms with Gasteiger partial charge in [-0.15, -0.1) is 0 Å². The molecule has 1 aromatic carbocycles. The van der Waals surface area contributed by atoms with Crippen molar-refractivity contribution in [1.29, 1.82) is 0 Å². The van der Waals surface area contributed by atoms with E-state index in [1.807, 2.05) is 0 Å². The van der Waals surface area contributed by atoms with Crippen molar-refractivity contribution in [3.05, 3.63) is 35.4 Å². The molecule has 0 aliphatic carbocycles. The second-order valence-electron chi connectivity index (χ2n) is 2.38. The molecule has 0 radical (unpaired) electrons. The Morgan fingerprint density at radius 3 is 2.43 bits per heavy atom. The van der Waals surface area contributed by atoms with Crippen molar-refractivity contribution in [1.82, 2.24) is 0 Å². The van der Waals surface area contributed by atoms with E-state index in [9.17, 15) is 9.59 Å². The maximum atomic E-state index is 11.0. The third-order valence-corrected chi connectivity index (χ3v) is 1.53. The molecule has 1 aromatic rings. The number of ether oxygens (including phenoxy) is 1. The first-order chi connectivity index (χ1) is 6.15. The minimum absolute atomic E-state index is 0. The van der Waals surface area contributed by atoms with Crippen molar-refractivity contribution in [2.45, 2.75) is 0 Å². The Labute approximate surface area is 105 Å². The van der Waals surface area contributed by atoms with Crippen LogP contribution in [0.4, 0.5) is 0 Å². The maximum absolute atomic E-state index is 11.0. The summed E-state index contributed by atoms with van der Waals surface area (Å²) in [6.45, 7) is 0. The number of carbonyl (C=O) groups excluding carboxylic acids is 1. The number of benzene rings is 1. The van der Waals surface area contributed by atoms with E-state index < -0.39 is 11.9 Å². The number of carboxylic acid groups (broad SMARTS) is 1. The summed E-state index contributed by atoms with van der Waals surface area (Å²) in [5.41, 5.74) is 0.310. The zero-order valence-corrected chi connectivity index (χ0v) is 9.98. The molecule has 0 fully saturated rings. The van der Waals surface area contributed by atoms with Crippen LogP contribution in [0.2, 0.25) is 0 Å². The summed E-state index contributed by atoms with van der Waals surface area (Å²) >= 11 is 0. The van der Waals surface area contributed by atoms with Gasteiger partial charge in [0, 0.05) is 0 Å². The number of carboxylic acids is 1. The molecule has 0 saturated heterocycles. The van der Waals surface area contributed by atoms with Crippen molar-refractivity contribution < 1.29 is 50.4 Å². The Balaban J connectivity index is 0. The van der Waals surface area contributed by atoms with Crippen LogP contribution in [-0.2, 0) is 4.74 Å². The molecule has 14 heavy (non-hydrogen) atoms. The van der Waals surface area contributed by atoms with E-state index in [1.54, 1.807) is 0 Å². The Morgan fingerprint density at radius 1 is 1.36 bits per heavy atom. The zero-order valence-electron chi connectivity index (χ0n) is 8.98. The van der Waals surface area contributed by atoms with E-state index >= 15 is 0 Å². The normalized spacial score (nSPS) is 8.64. The second-order valence-corrected chi connectivity index (χ2v) is 2.38. The summed E-state index contributed by atoms with van der Waals surface area (Å²) in [7, 11) is 1.25. The Kier molecular flexibility index (Phi) is 5.45. The number of hydrogen-bond acceptors (Lipinski definition) is 3. The van der Waals surface area contributed by atoms with Gasteiger partial charge >= 0.3 is 41.5 Å². The Hall–Kier alpha value is -0.840. The molecule has 0 saturated carbocycles. The van der Waals surface area contributed by atoms with Gasteiger partial charge in [-0.25, -0.2) is 9.59 Å². The SMILES string of the molecule is COC(=O)c1cccc(C(=O)O)c1.[H-].[Na+]. The number of hydrogen-bond donors (Lipinski definition) is 1. The van der Waals surface area contributed by atoms with Gasteiger partial charge in [-0.3, -0.25) is 0 Å². The maximum Gasteiger partial charge on any atom is 1.00 e. The summed E-state index contributed by atoms with van der Waals surface area (Å²) < 4.78 is 4.44. The fourth-order valence-electron chi connectivity index (χ4n) is 0.897. The van der Waals surface area contributed by atoms with E-state index in [4.69, 9.17) is 5.11 Å². The molecule has 1 N–H and O–H groups in total. The molecular weight excluding hydrogens is 195 g/mol. The summed E-state index contributed by atoms with van der Waals surface area (Å²) in [4.78, 5) is 21.5. The fourth-order valence-corrected chi connectivity index (χ4v) is 0.897. The second kappa shape index (κ2) is 5.80. The molecule has 0 unspecified atom stereocenters. The number of rotatable bonds is 2. The van der Waals surface area contributed by atoms with Crippen LogP contribution in [-0.4, -0.2) is 24.2 Å². The van der Waals surface area contributed by atoms with Gasteiger partial charge < -0.3 is 11.3 Å². The molecule has 0 aliphatic rings. The average Bonchev–Trinajstić information content (AvgIpc) is 2.17. The number of esters is 1. The minimum Gasteiger partial charge on any atom is -1.00 e. The third kappa shape index (κ3) is 3.14. The molecule has 0 aromatic heterocycles. The van der Waals surface area contributed by atoms with Crippen LogP contribution < -0.4 is 29.6 Å². The van der Waals surface area contributed by atoms with Crippen molar-refractivity contribution in [3.63, 3.8) is 0 Å². The topological polar surface area (TPSA) is 63.6 Å². The van der Waals surface area contributed by atoms with E-state index in [2.05, 4.69) is 4.74 Å². The predicted molar refractivity (Wildman–Crippen MR) is 45.9 cm³/mol. The molecule has 0 aliphatic heterocycles. The molecule has 4 nitrogen and oxygen atoms in total. The zero-order chi connectivity index (χ0) is 9.84. The molecule has 1 rings (SSSR count). The molecule has 70 valence electrons. The van der Waals surface area contributed by atoms with Gasteiger partial charge in [0.25, 0.3) is 0 Å². The number of methoxy groups -OCH3 is 1. The molecule has 0 heterocycles. The van der Waals surface area contributed by atoms with Crippen molar-refractivity contribution in [2.75, 3.05) is 7.11 Å². The first-order valence-corrected chi connectivity index (χ1v) is 3.57. The molecule has 0 amide bonds. The summed E-state index contributed by atoms with van der Waals surface area (Å²) in [5.74, 6) is -1.60. The minimum atomic E-state index is -1.06. The van der Waals surface area contributed by atoms with Crippen molar-refractivity contribution in [2.24, 2.45) is 0 Å². The predicted octanol–water partition coefficient (Wildman–Crippen LogP) is -1.71. The largest absolute Gasteiger partial charge is 1.00 e. The van der Waals surface area contributed by atoms with Gasteiger partial charge in [0.15, 0.2) is 0 Å². The van der Waals surface area contributed by atoms with Gasteiger partial charge in [-0.1, -0.05) is 6.07 Å². The van der Waals surface area contributed by atoms with Gasteiger partial charge in [0.05, 0.1) is 18.2 Å². The Morgan fingerprint density at radius 2 is 1.93 bits per heavy atom. The average molecular weight is 204 g/mol. The van der Waals surface area contributed by atoms with Gasteiger partial charge in [0.1, 0.15) is 0 Å². The third-order valence-electron chi connectivity index (χ3n) is 1.53. The van der Waals surface area contributed by atoms with E-state index in [-0.39, 0.29) is 42.1 Å². The molecular formula is C9H9NaO4. The van der Waals surface area contributed by atoms with E-state index in [0.717, 1.165) is 0 Å². The van der Waals surface area contributed by atoms with Crippen LogP contribution >= 0.6 is 0 Å². The standard InChI is InChI=1S/C9H8O4.Na.H/c1-13-9(12)7-4-2-3-6(5-7)8(10)11;;/h2-5H,1H3,(H,10,11);;/q;+1;-1. The first-order valence-electron chi connectivity index (χ1n) is 3.57. The monoisotopic (exact) mass is 204 g/mol. The van der Waals surface area contributed by atoms with Crippen molar-refractivity contribution >= 4 is 11.9 Å². The van der Waals surface area contributed by atoms with Crippen molar-refractivity contribution in [3.8, 4) is 0 Å². The van der Waals surface area contributed by atoms with Crippen LogP contribution in [0.25, 0.3) is 0 Å². The van der Waals surface area contributed by atoms with Gasteiger partial charge in [-0.05, 0) is 18.2 Å². The van der Waals surface area contributed by atoms with Gasteiger partial charge in [-0.2, -0.15) is 0 Å². The van der Waals surface area contributed by atoms with Gasteiger partial charge in [0.2, 0.25) is 0 Å². The van der Waals surface area contributed by atoms with Crippen LogP contribution in [0.5, 0.6) is 0 Å². The molecule has 0 atom stereocenters. The smallest absolute Gasteiger partial charge is 1.00 e. The first kappa shape index (κ1) is 13.2. The van der Waals surface area contributed by atoms with E-state index in [1.165, 1.54) is 31.4 Å².